The van der Waals surface area contributed by atoms with Gasteiger partial charge in [-0.3, -0.25) is 4.79 Å². The van der Waals surface area contributed by atoms with E-state index in [0.717, 1.165) is 5.82 Å². The lowest BCUT2D eigenvalue weighted by molar-refractivity contribution is -0.115. The maximum atomic E-state index is 11.7. The summed E-state index contributed by atoms with van der Waals surface area (Å²) < 4.78 is 0. The van der Waals surface area contributed by atoms with E-state index in [1.54, 1.807) is 6.20 Å². The molecule has 2 N–H and O–H groups in total. The number of amides is 1. The van der Waals surface area contributed by atoms with Gasteiger partial charge < -0.3 is 15.5 Å². The maximum Gasteiger partial charge on any atom is 0.238 e. The van der Waals surface area contributed by atoms with E-state index >= 15 is 0 Å². The van der Waals surface area contributed by atoms with Gasteiger partial charge in [-0.25, -0.2) is 4.98 Å². The van der Waals surface area contributed by atoms with Gasteiger partial charge >= 0.3 is 0 Å². The van der Waals surface area contributed by atoms with Gasteiger partial charge in [-0.2, -0.15) is 0 Å². The molecule has 1 aromatic rings. The molecule has 0 aliphatic carbocycles. The van der Waals surface area contributed by atoms with E-state index in [-0.39, 0.29) is 11.4 Å². The summed E-state index contributed by atoms with van der Waals surface area (Å²) in [5.74, 6) is 0.796. The Morgan fingerprint density at radius 1 is 1.33 bits per heavy atom. The highest BCUT2D eigenvalue weighted by molar-refractivity contribution is 5.92. The molecule has 0 fully saturated rings. The smallest absolute Gasteiger partial charge is 0.238 e. The van der Waals surface area contributed by atoms with Crippen LogP contribution in [0.5, 0.6) is 0 Å². The fraction of sp³-hybridized carbons (Fsp3) is 0.538. The molecule has 1 amide bonds. The Balaban J connectivity index is 2.50. The molecular formula is C13H22N4O. The molecule has 0 bridgehead atoms. The number of aromatic nitrogens is 1. The largest absolute Gasteiger partial charge is 0.363 e. The average molecular weight is 250 g/mol. The Bertz CT molecular complexity index is 392. The van der Waals surface area contributed by atoms with Gasteiger partial charge in [0.25, 0.3) is 0 Å². The monoisotopic (exact) mass is 250 g/mol. The van der Waals surface area contributed by atoms with Crippen LogP contribution in [0.3, 0.4) is 0 Å². The first-order chi connectivity index (χ1) is 8.28. The number of nitrogens with one attached hydrogen (secondary N) is 2. The van der Waals surface area contributed by atoms with E-state index in [1.807, 2.05) is 51.9 Å². The van der Waals surface area contributed by atoms with E-state index in [9.17, 15) is 4.79 Å². The van der Waals surface area contributed by atoms with Crippen LogP contribution in [0.1, 0.15) is 20.8 Å². The highest BCUT2D eigenvalue weighted by Gasteiger charge is 2.11. The zero-order chi connectivity index (χ0) is 13.8. The van der Waals surface area contributed by atoms with Gasteiger partial charge in [0.1, 0.15) is 5.82 Å². The fourth-order valence-corrected chi connectivity index (χ4v) is 1.28. The Labute approximate surface area is 109 Å². The fourth-order valence-electron chi connectivity index (χ4n) is 1.28. The summed E-state index contributed by atoms with van der Waals surface area (Å²) in [6.45, 7) is 6.36. The van der Waals surface area contributed by atoms with Gasteiger partial charge in [0.2, 0.25) is 5.91 Å². The van der Waals surface area contributed by atoms with Crippen LogP contribution < -0.4 is 15.5 Å². The molecule has 100 valence electrons. The molecular weight excluding hydrogens is 228 g/mol. The number of carbonyl (C=O) groups excluding carboxylic acids is 1. The minimum atomic E-state index is -0.0654. The molecule has 0 radical (unpaired) electrons. The molecule has 5 nitrogen and oxygen atoms in total. The molecule has 5 heteroatoms. The van der Waals surface area contributed by atoms with Gasteiger partial charge in [-0.15, -0.1) is 0 Å². The van der Waals surface area contributed by atoms with Crippen molar-refractivity contribution in [3.63, 3.8) is 0 Å². The van der Waals surface area contributed by atoms with Crippen molar-refractivity contribution in [2.75, 3.05) is 30.9 Å². The summed E-state index contributed by atoms with van der Waals surface area (Å²) in [7, 11) is 3.85. The Hall–Kier alpha value is -1.62. The number of pyridine rings is 1. The lowest BCUT2D eigenvalue weighted by Crippen LogP contribution is -2.41. The van der Waals surface area contributed by atoms with Crippen molar-refractivity contribution in [3.05, 3.63) is 18.3 Å². The molecule has 0 spiro atoms. The predicted molar refractivity (Wildman–Crippen MR) is 74.9 cm³/mol. The summed E-state index contributed by atoms with van der Waals surface area (Å²) in [5, 5.41) is 5.93. The van der Waals surface area contributed by atoms with Crippen molar-refractivity contribution in [1.29, 1.82) is 0 Å². The molecule has 1 heterocycles. The van der Waals surface area contributed by atoms with Crippen LogP contribution in [-0.4, -0.2) is 37.1 Å². The number of nitrogens with zero attached hydrogens (tertiary/aromatic N) is 2. The SMILES string of the molecule is CN(C)c1ccc(NC(=O)CNC(C)(C)C)cn1. The van der Waals surface area contributed by atoms with Crippen LogP contribution in [-0.2, 0) is 4.79 Å². The highest BCUT2D eigenvalue weighted by atomic mass is 16.1. The summed E-state index contributed by atoms with van der Waals surface area (Å²) in [6, 6.07) is 3.71. The molecule has 0 atom stereocenters. The van der Waals surface area contributed by atoms with Crippen molar-refractivity contribution < 1.29 is 4.79 Å². The van der Waals surface area contributed by atoms with E-state index in [0.29, 0.717) is 12.2 Å². The van der Waals surface area contributed by atoms with E-state index in [1.165, 1.54) is 0 Å². The van der Waals surface area contributed by atoms with Gasteiger partial charge in [-0.05, 0) is 32.9 Å². The molecule has 0 aromatic carbocycles. The lowest BCUT2D eigenvalue weighted by Gasteiger charge is -2.20. The maximum absolute atomic E-state index is 11.7. The van der Waals surface area contributed by atoms with Crippen LogP contribution >= 0.6 is 0 Å². The third kappa shape index (κ3) is 5.14. The van der Waals surface area contributed by atoms with Crippen molar-refractivity contribution in [2.24, 2.45) is 0 Å². The Morgan fingerprint density at radius 2 is 2.00 bits per heavy atom. The van der Waals surface area contributed by atoms with Gasteiger partial charge in [0, 0.05) is 19.6 Å². The van der Waals surface area contributed by atoms with Gasteiger partial charge in [-0.1, -0.05) is 0 Å². The number of anilines is 2. The normalized spacial score (nSPS) is 11.2. The molecule has 1 aromatic heterocycles. The quantitative estimate of drug-likeness (QED) is 0.849. The van der Waals surface area contributed by atoms with E-state index in [2.05, 4.69) is 15.6 Å². The standard InChI is InChI=1S/C13H22N4O/c1-13(2,3)15-9-12(18)16-10-6-7-11(14-8-10)17(4)5/h6-8,15H,9H2,1-5H3,(H,16,18). The van der Waals surface area contributed by atoms with Crippen LogP contribution in [0.2, 0.25) is 0 Å². The molecule has 0 aliphatic heterocycles. The third-order valence-corrected chi connectivity index (χ3v) is 2.27. The molecule has 0 unspecified atom stereocenters. The van der Waals surface area contributed by atoms with Crippen molar-refractivity contribution in [2.45, 2.75) is 26.3 Å². The topological polar surface area (TPSA) is 57.3 Å². The first-order valence-electron chi connectivity index (χ1n) is 5.96. The summed E-state index contributed by atoms with van der Waals surface area (Å²) >= 11 is 0. The predicted octanol–water partition coefficient (Wildman–Crippen LogP) is 1.47. The summed E-state index contributed by atoms with van der Waals surface area (Å²) in [5.41, 5.74) is 0.644. The average Bonchev–Trinajstić information content (AvgIpc) is 2.26. The minimum Gasteiger partial charge on any atom is -0.363 e. The summed E-state index contributed by atoms with van der Waals surface area (Å²) in [6.07, 6.45) is 1.66. The second-order valence-electron chi connectivity index (χ2n) is 5.45. The first kappa shape index (κ1) is 14.4. The van der Waals surface area contributed by atoms with Crippen molar-refractivity contribution in [3.8, 4) is 0 Å². The second-order valence-corrected chi connectivity index (χ2v) is 5.45. The molecule has 18 heavy (non-hydrogen) atoms. The number of hydrogen-bond donors (Lipinski definition) is 2. The Morgan fingerprint density at radius 3 is 2.44 bits per heavy atom. The second kappa shape index (κ2) is 5.82. The lowest BCUT2D eigenvalue weighted by atomic mass is 10.1. The molecule has 0 saturated heterocycles. The molecule has 0 saturated carbocycles. The number of rotatable bonds is 4. The minimum absolute atomic E-state index is 0.0651. The zero-order valence-electron chi connectivity index (χ0n) is 11.7. The van der Waals surface area contributed by atoms with Gasteiger partial charge in [0.15, 0.2) is 0 Å². The first-order valence-corrected chi connectivity index (χ1v) is 5.96. The van der Waals surface area contributed by atoms with Gasteiger partial charge in [0.05, 0.1) is 18.4 Å². The van der Waals surface area contributed by atoms with Crippen LogP contribution in [0.25, 0.3) is 0 Å². The van der Waals surface area contributed by atoms with Crippen molar-refractivity contribution >= 4 is 17.4 Å². The van der Waals surface area contributed by atoms with Crippen LogP contribution in [0, 0.1) is 0 Å². The number of carbonyl (C=O) groups is 1. The molecule has 1 rings (SSSR count). The number of hydrogen-bond acceptors (Lipinski definition) is 4. The summed E-state index contributed by atoms with van der Waals surface area (Å²) in [4.78, 5) is 17.8. The van der Waals surface area contributed by atoms with Crippen molar-refractivity contribution in [1.82, 2.24) is 10.3 Å². The molecule has 0 aliphatic rings. The Kier molecular flexibility index (Phi) is 4.67. The highest BCUT2D eigenvalue weighted by Crippen LogP contribution is 2.11. The zero-order valence-corrected chi connectivity index (χ0v) is 11.7. The van der Waals surface area contributed by atoms with Crippen LogP contribution in [0.15, 0.2) is 18.3 Å². The van der Waals surface area contributed by atoms with E-state index in [4.69, 9.17) is 0 Å². The van der Waals surface area contributed by atoms with Crippen LogP contribution in [0.4, 0.5) is 11.5 Å². The van der Waals surface area contributed by atoms with E-state index < -0.39 is 0 Å². The third-order valence-electron chi connectivity index (χ3n) is 2.27.